The molecule has 2 heterocycles. The van der Waals surface area contributed by atoms with E-state index in [4.69, 9.17) is 4.74 Å². The molecule has 0 saturated heterocycles. The summed E-state index contributed by atoms with van der Waals surface area (Å²) in [6, 6.07) is 15.5. The third-order valence-electron chi connectivity index (χ3n) is 6.14. The highest BCUT2D eigenvalue weighted by atomic mass is 32.2. The van der Waals surface area contributed by atoms with E-state index in [1.54, 1.807) is 0 Å². The van der Waals surface area contributed by atoms with Crippen molar-refractivity contribution in [3.63, 3.8) is 0 Å². The first-order valence-corrected chi connectivity index (χ1v) is 12.1. The lowest BCUT2D eigenvalue weighted by molar-refractivity contribution is -0.136. The number of nitrogens with one attached hydrogen (secondary N) is 1. The summed E-state index contributed by atoms with van der Waals surface area (Å²) >= 11 is 1.47. The van der Waals surface area contributed by atoms with Gasteiger partial charge in [-0.15, -0.1) is 0 Å². The number of fused-ring (bicyclic) bond motifs is 1. The molecule has 0 spiro atoms. The number of nitrogens with zero attached hydrogens (tertiary/aromatic N) is 2. The van der Waals surface area contributed by atoms with Crippen LogP contribution in [0.5, 0.6) is 0 Å². The van der Waals surface area contributed by atoms with E-state index < -0.39 is 12.0 Å². The number of methoxy groups -OCH3 is 1. The lowest BCUT2D eigenvalue weighted by atomic mass is 9.90. The van der Waals surface area contributed by atoms with Gasteiger partial charge in [-0.2, -0.15) is 0 Å². The number of rotatable bonds is 6. The summed E-state index contributed by atoms with van der Waals surface area (Å²) in [6.07, 6.45) is 0.179. The van der Waals surface area contributed by atoms with Crippen LogP contribution >= 0.6 is 11.8 Å². The number of carbonyl (C=O) groups excluding carboxylic acids is 2. The fourth-order valence-corrected chi connectivity index (χ4v) is 5.41. The molecular weight excluding hydrogens is 446 g/mol. The highest BCUT2D eigenvalue weighted by Gasteiger charge is 2.41. The van der Waals surface area contributed by atoms with Crippen molar-refractivity contribution in [2.45, 2.75) is 46.2 Å². The molecule has 0 radical (unpaired) electrons. The molecule has 0 fully saturated rings. The van der Waals surface area contributed by atoms with Crippen molar-refractivity contribution in [3.8, 4) is 0 Å². The Kier molecular flexibility index (Phi) is 6.93. The van der Waals surface area contributed by atoms with Gasteiger partial charge in [-0.3, -0.25) is 4.79 Å². The second kappa shape index (κ2) is 9.89. The molecule has 2 aliphatic heterocycles. The van der Waals surface area contributed by atoms with Crippen LogP contribution < -0.4 is 5.32 Å². The molecule has 2 atom stereocenters. The number of carbonyl (C=O) groups is 2. The van der Waals surface area contributed by atoms with E-state index in [2.05, 4.69) is 16.4 Å². The van der Waals surface area contributed by atoms with E-state index in [1.807, 2.05) is 80.5 Å². The van der Waals surface area contributed by atoms with Crippen LogP contribution in [-0.4, -0.2) is 29.1 Å². The van der Waals surface area contributed by atoms with Crippen molar-refractivity contribution in [1.29, 1.82) is 0 Å². The Morgan fingerprint density at radius 1 is 1.15 bits per heavy atom. The fraction of sp³-hybridized carbons (Fsp3) is 0.296. The van der Waals surface area contributed by atoms with Crippen LogP contribution in [0.3, 0.4) is 0 Å². The molecule has 2 aliphatic rings. The van der Waals surface area contributed by atoms with Gasteiger partial charge in [0.1, 0.15) is 0 Å². The fourth-order valence-electron chi connectivity index (χ4n) is 4.45. The molecule has 4 rings (SSSR count). The number of hydrogen-bond donors (Lipinski definition) is 1. The number of aliphatic imine (C=N–C) groups is 1. The van der Waals surface area contributed by atoms with E-state index in [9.17, 15) is 9.59 Å². The topological polar surface area (TPSA) is 71.0 Å². The number of allylic oxidation sites excluding steroid dienone is 1. The first kappa shape index (κ1) is 23.8. The molecule has 0 aromatic heterocycles. The maximum Gasteiger partial charge on any atom is 0.338 e. The van der Waals surface area contributed by atoms with Crippen LogP contribution in [0.1, 0.15) is 54.6 Å². The number of amidine groups is 1. The number of ether oxygens (including phenoxy) is 1. The zero-order valence-corrected chi connectivity index (χ0v) is 20.9. The number of amides is 1. The smallest absolute Gasteiger partial charge is 0.338 e. The monoisotopic (exact) mass is 475 g/mol. The number of benzene rings is 2. The summed E-state index contributed by atoms with van der Waals surface area (Å²) in [5, 5.41) is 5.80. The minimum absolute atomic E-state index is 0.0882. The second-order valence-corrected chi connectivity index (χ2v) is 9.46. The highest BCUT2D eigenvalue weighted by Crippen LogP contribution is 2.45. The Balaban J connectivity index is 1.65. The van der Waals surface area contributed by atoms with Gasteiger partial charge in [0.15, 0.2) is 5.17 Å². The van der Waals surface area contributed by atoms with Crippen LogP contribution in [0.15, 0.2) is 75.9 Å². The maximum atomic E-state index is 13.0. The Morgan fingerprint density at radius 2 is 1.88 bits per heavy atom. The quantitative estimate of drug-likeness (QED) is 0.573. The lowest BCUT2D eigenvalue weighted by Crippen LogP contribution is -2.38. The first-order chi connectivity index (χ1) is 16.3. The van der Waals surface area contributed by atoms with Crippen LogP contribution in [0.25, 0.3) is 0 Å². The Hall–Kier alpha value is -3.32. The molecule has 7 heteroatoms. The zero-order valence-electron chi connectivity index (χ0n) is 20.1. The highest BCUT2D eigenvalue weighted by molar-refractivity contribution is 8.16. The SMILES string of the molecule is COC(=O)C1=C(C)N=C2SC=C(CC(=O)NC(C)c3ccccc3)N2C1c1ccc(C)cc1C. The molecule has 0 saturated carbocycles. The standard InChI is InChI=1S/C27H29N3O3S/c1-16-11-12-22(17(2)13-16)25-24(26(32)33-5)19(4)29-27-30(25)21(15-34-27)14-23(31)28-18(3)20-9-7-6-8-10-20/h6-13,15,18,25H,14H2,1-5H3,(H,28,31). The average molecular weight is 476 g/mol. The third kappa shape index (κ3) is 4.66. The summed E-state index contributed by atoms with van der Waals surface area (Å²) < 4.78 is 5.14. The van der Waals surface area contributed by atoms with Crippen molar-refractivity contribution in [2.75, 3.05) is 7.11 Å². The van der Waals surface area contributed by atoms with Crippen molar-refractivity contribution in [3.05, 3.63) is 93.2 Å². The number of thioether (sulfide) groups is 1. The molecule has 1 N–H and O–H groups in total. The van der Waals surface area contributed by atoms with Crippen molar-refractivity contribution < 1.29 is 14.3 Å². The molecule has 2 aromatic rings. The largest absolute Gasteiger partial charge is 0.466 e. The van der Waals surface area contributed by atoms with Gasteiger partial charge in [0, 0.05) is 5.70 Å². The van der Waals surface area contributed by atoms with Gasteiger partial charge in [0.05, 0.1) is 36.9 Å². The second-order valence-electron chi connectivity index (χ2n) is 8.62. The molecule has 2 unspecified atom stereocenters. The summed E-state index contributed by atoms with van der Waals surface area (Å²) in [5.74, 6) is -0.501. The maximum absolute atomic E-state index is 13.0. The number of hydrogen-bond acceptors (Lipinski definition) is 6. The first-order valence-electron chi connectivity index (χ1n) is 11.2. The molecule has 34 heavy (non-hydrogen) atoms. The van der Waals surface area contributed by atoms with Gasteiger partial charge in [-0.1, -0.05) is 65.9 Å². The number of esters is 1. The molecule has 1 amide bonds. The average Bonchev–Trinajstić information content (AvgIpc) is 3.20. The Bertz CT molecular complexity index is 1220. The Morgan fingerprint density at radius 3 is 2.56 bits per heavy atom. The van der Waals surface area contributed by atoms with Gasteiger partial charge in [0.25, 0.3) is 0 Å². The van der Waals surface area contributed by atoms with E-state index in [0.717, 1.165) is 33.1 Å². The van der Waals surface area contributed by atoms with Gasteiger partial charge in [-0.25, -0.2) is 9.79 Å². The van der Waals surface area contributed by atoms with E-state index in [1.165, 1.54) is 18.9 Å². The lowest BCUT2D eigenvalue weighted by Gasteiger charge is -2.37. The Labute approximate surface area is 204 Å². The molecule has 0 bridgehead atoms. The third-order valence-corrected chi connectivity index (χ3v) is 7.03. The molecule has 0 aliphatic carbocycles. The van der Waals surface area contributed by atoms with Crippen LogP contribution in [-0.2, 0) is 14.3 Å². The van der Waals surface area contributed by atoms with E-state index in [-0.39, 0.29) is 18.4 Å². The van der Waals surface area contributed by atoms with Crippen LogP contribution in [0.2, 0.25) is 0 Å². The molecule has 2 aromatic carbocycles. The van der Waals surface area contributed by atoms with E-state index >= 15 is 0 Å². The minimum atomic E-state index is -0.416. The van der Waals surface area contributed by atoms with Crippen molar-refractivity contribution >= 4 is 28.8 Å². The van der Waals surface area contributed by atoms with Gasteiger partial charge < -0.3 is 15.0 Å². The van der Waals surface area contributed by atoms with E-state index in [0.29, 0.717) is 11.3 Å². The zero-order chi connectivity index (χ0) is 24.4. The predicted molar refractivity (Wildman–Crippen MR) is 136 cm³/mol. The summed E-state index contributed by atoms with van der Waals surface area (Å²) in [5.41, 5.74) is 6.18. The summed E-state index contributed by atoms with van der Waals surface area (Å²) in [6.45, 7) is 7.89. The summed E-state index contributed by atoms with van der Waals surface area (Å²) in [4.78, 5) is 32.6. The molecule has 176 valence electrons. The van der Waals surface area contributed by atoms with Crippen molar-refractivity contribution in [1.82, 2.24) is 10.2 Å². The normalized spacial score (nSPS) is 18.1. The van der Waals surface area contributed by atoms with Crippen LogP contribution in [0, 0.1) is 13.8 Å². The van der Waals surface area contributed by atoms with Gasteiger partial charge in [0.2, 0.25) is 5.91 Å². The predicted octanol–water partition coefficient (Wildman–Crippen LogP) is 5.32. The summed E-state index contributed by atoms with van der Waals surface area (Å²) in [7, 11) is 1.38. The van der Waals surface area contributed by atoms with Crippen LogP contribution in [0.4, 0.5) is 0 Å². The molecule has 6 nitrogen and oxygen atoms in total. The molecular formula is C27H29N3O3S. The number of aryl methyl sites for hydroxylation is 2. The van der Waals surface area contributed by atoms with Gasteiger partial charge >= 0.3 is 5.97 Å². The minimum Gasteiger partial charge on any atom is -0.466 e. The van der Waals surface area contributed by atoms with Gasteiger partial charge in [-0.05, 0) is 49.8 Å². The van der Waals surface area contributed by atoms with Crippen molar-refractivity contribution in [2.24, 2.45) is 4.99 Å².